The van der Waals surface area contributed by atoms with Crippen molar-refractivity contribution in [2.75, 3.05) is 0 Å². The number of hydrogen-bond donors (Lipinski definition) is 0. The molecule has 4 aromatic carbocycles. The highest BCUT2D eigenvalue weighted by atomic mass is 19.4. The third kappa shape index (κ3) is 4.18. The first-order valence-corrected chi connectivity index (χ1v) is 10.7. The summed E-state index contributed by atoms with van der Waals surface area (Å²) < 4.78 is 43.2. The SMILES string of the molecule is C=CC.N#Cc1ccc(-c2cccc(-n3c4ccccc4c4ccccc43)c2)c(C(F)(F)F)c1. The van der Waals surface area contributed by atoms with Crippen LogP contribution >= 0.6 is 0 Å². The number of nitrogens with zero attached hydrogens (tertiary/aromatic N) is 2. The van der Waals surface area contributed by atoms with E-state index in [1.807, 2.05) is 61.5 Å². The van der Waals surface area contributed by atoms with Crippen molar-refractivity contribution in [1.29, 1.82) is 5.26 Å². The van der Waals surface area contributed by atoms with Crippen LogP contribution in [0.2, 0.25) is 0 Å². The number of para-hydroxylation sites is 2. The van der Waals surface area contributed by atoms with Crippen molar-refractivity contribution in [1.82, 2.24) is 4.57 Å². The van der Waals surface area contributed by atoms with Crippen molar-refractivity contribution in [3.8, 4) is 22.9 Å². The maximum absolute atomic E-state index is 13.7. The van der Waals surface area contributed by atoms with Crippen molar-refractivity contribution in [2.45, 2.75) is 13.1 Å². The van der Waals surface area contributed by atoms with E-state index in [1.165, 1.54) is 12.1 Å². The number of benzene rings is 4. The number of hydrogen-bond acceptors (Lipinski definition) is 1. The largest absolute Gasteiger partial charge is 0.417 e. The Morgan fingerprint density at radius 1 is 0.824 bits per heavy atom. The fraction of sp³-hybridized carbons (Fsp3) is 0.0690. The fourth-order valence-corrected chi connectivity index (χ4v) is 4.11. The Hall–Kier alpha value is -4.30. The summed E-state index contributed by atoms with van der Waals surface area (Å²) >= 11 is 0. The van der Waals surface area contributed by atoms with E-state index >= 15 is 0 Å². The first-order valence-electron chi connectivity index (χ1n) is 10.7. The van der Waals surface area contributed by atoms with Crippen molar-refractivity contribution in [3.63, 3.8) is 0 Å². The molecular formula is C29H21F3N2. The minimum Gasteiger partial charge on any atom is -0.309 e. The van der Waals surface area contributed by atoms with Crippen molar-refractivity contribution in [3.05, 3.63) is 115 Å². The normalized spacial score (nSPS) is 11.0. The number of nitriles is 1. The van der Waals surface area contributed by atoms with Gasteiger partial charge in [0.1, 0.15) is 0 Å². The van der Waals surface area contributed by atoms with Crippen molar-refractivity contribution >= 4 is 21.8 Å². The lowest BCUT2D eigenvalue weighted by Gasteiger charge is -2.15. The first-order chi connectivity index (χ1) is 16.4. The van der Waals surface area contributed by atoms with E-state index < -0.39 is 11.7 Å². The lowest BCUT2D eigenvalue weighted by molar-refractivity contribution is -0.137. The van der Waals surface area contributed by atoms with Crippen molar-refractivity contribution < 1.29 is 13.2 Å². The standard InChI is InChI=1S/C26H15F3N2.C3H6/c27-26(28,29)23-14-17(16-30)12-13-20(23)18-6-5-7-19(15-18)31-24-10-3-1-8-21(24)22-9-2-4-11-25(22)31;1-3-2/h1-15H;3H,1H2,2H3. The number of alkyl halides is 3. The zero-order valence-electron chi connectivity index (χ0n) is 18.5. The number of aromatic nitrogens is 1. The molecule has 0 bridgehead atoms. The summed E-state index contributed by atoms with van der Waals surface area (Å²) in [5.41, 5.74) is 2.40. The van der Waals surface area contributed by atoms with Gasteiger partial charge in [-0.05, 0) is 54.4 Å². The second kappa shape index (κ2) is 9.29. The van der Waals surface area contributed by atoms with Gasteiger partial charge in [-0.2, -0.15) is 18.4 Å². The van der Waals surface area contributed by atoms with Gasteiger partial charge in [-0.3, -0.25) is 0 Å². The summed E-state index contributed by atoms with van der Waals surface area (Å²) in [4.78, 5) is 0. The summed E-state index contributed by atoms with van der Waals surface area (Å²) in [5, 5.41) is 11.2. The molecule has 5 aromatic rings. The molecular weight excluding hydrogens is 433 g/mol. The highest BCUT2D eigenvalue weighted by Crippen LogP contribution is 2.39. The third-order valence-electron chi connectivity index (χ3n) is 5.45. The summed E-state index contributed by atoms with van der Waals surface area (Å²) in [5.74, 6) is 0. The Kier molecular flexibility index (Phi) is 6.25. The molecule has 0 aliphatic carbocycles. The first kappa shape index (κ1) is 22.9. The van der Waals surface area contributed by atoms with E-state index in [-0.39, 0.29) is 11.1 Å². The monoisotopic (exact) mass is 454 g/mol. The van der Waals surface area contributed by atoms with Gasteiger partial charge >= 0.3 is 6.18 Å². The van der Waals surface area contributed by atoms with Crippen LogP contribution in [0.5, 0.6) is 0 Å². The van der Waals surface area contributed by atoms with Crippen LogP contribution in [0.4, 0.5) is 13.2 Å². The lowest BCUT2D eigenvalue weighted by atomic mass is 9.97. The van der Waals surface area contributed by atoms with Crippen LogP contribution in [0, 0.1) is 11.3 Å². The lowest BCUT2D eigenvalue weighted by Crippen LogP contribution is -2.08. The quantitative estimate of drug-likeness (QED) is 0.246. The van der Waals surface area contributed by atoms with Crippen LogP contribution in [0.3, 0.4) is 0 Å². The van der Waals surface area contributed by atoms with Crippen molar-refractivity contribution in [2.24, 2.45) is 0 Å². The molecule has 0 spiro atoms. The molecule has 1 aromatic heterocycles. The molecule has 2 nitrogen and oxygen atoms in total. The Labute approximate surface area is 195 Å². The molecule has 0 aliphatic rings. The van der Waals surface area contributed by atoms with E-state index in [4.69, 9.17) is 5.26 Å². The molecule has 0 amide bonds. The minimum absolute atomic E-state index is 0.0189. The van der Waals surface area contributed by atoms with E-state index in [1.54, 1.807) is 30.3 Å². The molecule has 0 radical (unpaired) electrons. The number of halogens is 3. The molecule has 0 aliphatic heterocycles. The van der Waals surface area contributed by atoms with Crippen LogP contribution < -0.4 is 0 Å². The Morgan fingerprint density at radius 2 is 1.41 bits per heavy atom. The topological polar surface area (TPSA) is 28.7 Å². The van der Waals surface area contributed by atoms with Gasteiger partial charge in [0.05, 0.1) is 28.2 Å². The predicted octanol–water partition coefficient (Wildman–Crippen LogP) is 8.53. The van der Waals surface area contributed by atoms with Crippen LogP contribution in [0.25, 0.3) is 38.6 Å². The van der Waals surface area contributed by atoms with Gasteiger partial charge in [0, 0.05) is 16.5 Å². The summed E-state index contributed by atoms with van der Waals surface area (Å²) in [6.07, 6.45) is -2.81. The number of rotatable bonds is 2. The minimum atomic E-state index is -4.56. The summed E-state index contributed by atoms with van der Waals surface area (Å²) in [6, 6.07) is 28.5. The molecule has 0 fully saturated rings. The average molecular weight is 454 g/mol. The van der Waals surface area contributed by atoms with Gasteiger partial charge in [0.2, 0.25) is 0 Å². The highest BCUT2D eigenvalue weighted by molar-refractivity contribution is 6.09. The summed E-state index contributed by atoms with van der Waals surface area (Å²) in [6.45, 7) is 5.25. The van der Waals surface area contributed by atoms with E-state index in [2.05, 4.69) is 11.1 Å². The predicted molar refractivity (Wildman–Crippen MR) is 132 cm³/mol. The molecule has 0 unspecified atom stereocenters. The summed E-state index contributed by atoms with van der Waals surface area (Å²) in [7, 11) is 0. The van der Waals surface area contributed by atoms with Crippen LogP contribution in [0.1, 0.15) is 18.1 Å². The zero-order chi connectivity index (χ0) is 24.3. The molecule has 168 valence electrons. The van der Waals surface area contributed by atoms with Gasteiger partial charge in [-0.15, -0.1) is 6.58 Å². The Bertz CT molecular complexity index is 1480. The van der Waals surface area contributed by atoms with E-state index in [9.17, 15) is 13.2 Å². The third-order valence-corrected chi connectivity index (χ3v) is 5.45. The molecule has 1 heterocycles. The van der Waals surface area contributed by atoms with Gasteiger partial charge in [-0.25, -0.2) is 0 Å². The second-order valence-electron chi connectivity index (χ2n) is 7.70. The van der Waals surface area contributed by atoms with E-state index in [0.717, 1.165) is 33.6 Å². The molecule has 0 N–H and O–H groups in total. The van der Waals surface area contributed by atoms with Gasteiger partial charge in [0.15, 0.2) is 0 Å². The molecule has 34 heavy (non-hydrogen) atoms. The maximum atomic E-state index is 13.7. The zero-order valence-corrected chi connectivity index (χ0v) is 18.5. The Balaban J connectivity index is 0.000000868. The Morgan fingerprint density at radius 3 is 1.97 bits per heavy atom. The molecule has 5 rings (SSSR count). The highest BCUT2D eigenvalue weighted by Gasteiger charge is 2.34. The number of fused-ring (bicyclic) bond motifs is 3. The maximum Gasteiger partial charge on any atom is 0.417 e. The van der Waals surface area contributed by atoms with Crippen LogP contribution in [-0.2, 0) is 6.18 Å². The average Bonchev–Trinajstić information content (AvgIpc) is 3.18. The molecule has 0 saturated carbocycles. The number of allylic oxidation sites excluding steroid dienone is 1. The second-order valence-corrected chi connectivity index (χ2v) is 7.70. The van der Waals surface area contributed by atoms with Crippen LogP contribution in [-0.4, -0.2) is 4.57 Å². The van der Waals surface area contributed by atoms with E-state index in [0.29, 0.717) is 5.56 Å². The molecule has 0 saturated heterocycles. The van der Waals surface area contributed by atoms with Gasteiger partial charge in [-0.1, -0.05) is 60.7 Å². The molecule has 0 atom stereocenters. The molecule has 5 heteroatoms. The van der Waals surface area contributed by atoms with Gasteiger partial charge in [0.25, 0.3) is 0 Å². The van der Waals surface area contributed by atoms with Gasteiger partial charge < -0.3 is 4.57 Å². The fourth-order valence-electron chi connectivity index (χ4n) is 4.11. The smallest absolute Gasteiger partial charge is 0.309 e. The van der Waals surface area contributed by atoms with Crippen LogP contribution in [0.15, 0.2) is 104 Å².